The highest BCUT2D eigenvalue weighted by Crippen LogP contribution is 2.38. The minimum Gasteiger partial charge on any atom is -0.457 e. The zero-order valence-corrected chi connectivity index (χ0v) is 18.2. The Labute approximate surface area is 191 Å². The second kappa shape index (κ2) is 8.28. The Bertz CT molecular complexity index is 1240. The maximum Gasteiger partial charge on any atom is 0.270 e. The predicted molar refractivity (Wildman–Crippen MR) is 125 cm³/mol. The average molecular weight is 475 g/mol. The lowest BCUT2D eigenvalue weighted by Crippen LogP contribution is -2.30. The first-order chi connectivity index (χ1) is 14.3. The maximum atomic E-state index is 13.0. The van der Waals surface area contributed by atoms with Gasteiger partial charge >= 0.3 is 0 Å². The minimum absolute atomic E-state index is 0.218. The maximum absolute atomic E-state index is 13.0. The van der Waals surface area contributed by atoms with Gasteiger partial charge in [-0.25, -0.2) is 0 Å². The summed E-state index contributed by atoms with van der Waals surface area (Å²) in [5.74, 6) is 0.0567. The molecule has 9 heteroatoms. The van der Waals surface area contributed by atoms with Crippen molar-refractivity contribution >= 4 is 75.1 Å². The van der Waals surface area contributed by atoms with E-state index in [9.17, 15) is 9.59 Å². The predicted octanol–water partition coefficient (Wildman–Crippen LogP) is 5.76. The van der Waals surface area contributed by atoms with Crippen molar-refractivity contribution in [1.29, 1.82) is 0 Å². The first-order valence-electron chi connectivity index (χ1n) is 8.57. The summed E-state index contributed by atoms with van der Waals surface area (Å²) >= 11 is 18.5. The molecular formula is C21H12Cl2N2O3S2. The van der Waals surface area contributed by atoms with Crippen LogP contribution in [0.4, 0.5) is 5.69 Å². The highest BCUT2D eigenvalue weighted by Gasteiger charge is 2.35. The quantitative estimate of drug-likeness (QED) is 0.384. The molecule has 30 heavy (non-hydrogen) atoms. The third kappa shape index (κ3) is 3.89. The molecule has 0 radical (unpaired) electrons. The molecule has 3 aromatic rings. The van der Waals surface area contributed by atoms with Crippen LogP contribution in [-0.2, 0) is 4.79 Å². The van der Waals surface area contributed by atoms with Gasteiger partial charge in [0.25, 0.3) is 11.8 Å². The number of benzene rings is 2. The highest BCUT2D eigenvalue weighted by molar-refractivity contribution is 8.27. The number of halogens is 2. The number of amides is 2. The van der Waals surface area contributed by atoms with Gasteiger partial charge in [-0.3, -0.25) is 14.5 Å². The summed E-state index contributed by atoms with van der Waals surface area (Å²) in [7, 11) is 0. The molecule has 150 valence electrons. The number of hydrogen-bond donors (Lipinski definition) is 1. The highest BCUT2D eigenvalue weighted by atomic mass is 35.5. The summed E-state index contributed by atoms with van der Waals surface area (Å²) in [6.07, 6.45) is 1.60. The Balaban J connectivity index is 1.64. The zero-order valence-electron chi connectivity index (χ0n) is 15.1. The molecule has 0 unspecified atom stereocenters. The first kappa shape index (κ1) is 20.7. The van der Waals surface area contributed by atoms with Crippen molar-refractivity contribution in [3.8, 4) is 11.3 Å². The number of para-hydroxylation sites is 1. The van der Waals surface area contributed by atoms with Crippen LogP contribution >= 0.6 is 47.2 Å². The topological polar surface area (TPSA) is 76.5 Å². The smallest absolute Gasteiger partial charge is 0.270 e. The summed E-state index contributed by atoms with van der Waals surface area (Å²) < 4.78 is 6.14. The second-order valence-corrected chi connectivity index (χ2v) is 8.72. The molecule has 1 aliphatic rings. The van der Waals surface area contributed by atoms with Gasteiger partial charge in [-0.05, 0) is 42.5 Å². The molecule has 2 heterocycles. The number of anilines is 1. The molecule has 0 atom stereocenters. The molecule has 1 fully saturated rings. The molecule has 1 aliphatic heterocycles. The Morgan fingerprint density at radius 2 is 1.87 bits per heavy atom. The van der Waals surface area contributed by atoms with Crippen LogP contribution in [-0.4, -0.2) is 16.1 Å². The molecule has 0 bridgehead atoms. The van der Waals surface area contributed by atoms with Crippen molar-refractivity contribution in [2.24, 2.45) is 5.73 Å². The lowest BCUT2D eigenvalue weighted by atomic mass is 10.1. The van der Waals surface area contributed by atoms with Crippen molar-refractivity contribution in [3.63, 3.8) is 0 Å². The molecule has 4 rings (SSSR count). The van der Waals surface area contributed by atoms with Crippen LogP contribution in [0.15, 0.2) is 63.9 Å². The molecule has 5 nitrogen and oxygen atoms in total. The zero-order chi connectivity index (χ0) is 21.4. The van der Waals surface area contributed by atoms with Crippen LogP contribution in [0.1, 0.15) is 16.1 Å². The van der Waals surface area contributed by atoms with Crippen molar-refractivity contribution < 1.29 is 14.0 Å². The summed E-state index contributed by atoms with van der Waals surface area (Å²) in [4.78, 5) is 26.4. The van der Waals surface area contributed by atoms with E-state index in [1.165, 1.54) is 4.90 Å². The van der Waals surface area contributed by atoms with Gasteiger partial charge in [0.05, 0.1) is 26.2 Å². The van der Waals surface area contributed by atoms with E-state index in [1.807, 2.05) is 0 Å². The molecule has 2 N–H and O–H groups in total. The molecule has 0 saturated carbocycles. The van der Waals surface area contributed by atoms with Gasteiger partial charge in [0.2, 0.25) is 0 Å². The lowest BCUT2D eigenvalue weighted by Gasteiger charge is -2.17. The fourth-order valence-electron chi connectivity index (χ4n) is 2.92. The molecule has 0 aliphatic carbocycles. The van der Waals surface area contributed by atoms with Crippen molar-refractivity contribution in [3.05, 3.63) is 80.9 Å². The summed E-state index contributed by atoms with van der Waals surface area (Å²) in [6, 6.07) is 15.2. The number of hydrogen-bond acceptors (Lipinski definition) is 5. The Hall–Kier alpha value is -2.58. The van der Waals surface area contributed by atoms with Gasteiger partial charge in [0, 0.05) is 11.6 Å². The van der Waals surface area contributed by atoms with E-state index in [1.54, 1.807) is 60.7 Å². The third-order valence-corrected chi connectivity index (χ3v) is 6.35. The number of rotatable bonds is 4. The van der Waals surface area contributed by atoms with Gasteiger partial charge in [0.1, 0.15) is 11.5 Å². The summed E-state index contributed by atoms with van der Waals surface area (Å²) in [6.45, 7) is 0. The lowest BCUT2D eigenvalue weighted by molar-refractivity contribution is -0.113. The van der Waals surface area contributed by atoms with E-state index in [0.717, 1.165) is 17.3 Å². The van der Waals surface area contributed by atoms with E-state index < -0.39 is 5.91 Å². The number of nitrogens with two attached hydrogens (primary N) is 1. The normalized spacial score (nSPS) is 15.3. The van der Waals surface area contributed by atoms with E-state index >= 15 is 0 Å². The van der Waals surface area contributed by atoms with Gasteiger partial charge in [-0.1, -0.05) is 59.3 Å². The van der Waals surface area contributed by atoms with Crippen LogP contribution in [0.2, 0.25) is 10.0 Å². The van der Waals surface area contributed by atoms with E-state index in [2.05, 4.69) is 0 Å². The summed E-state index contributed by atoms with van der Waals surface area (Å²) in [5, 5.41) is 0.869. The van der Waals surface area contributed by atoms with Crippen molar-refractivity contribution in [2.45, 2.75) is 0 Å². The number of thiocarbonyl (C=S) groups is 1. The van der Waals surface area contributed by atoms with Crippen LogP contribution < -0.4 is 10.6 Å². The fourth-order valence-corrected chi connectivity index (χ4v) is 4.48. The standard InChI is InChI=1S/C21H12Cl2N2O3S2/c22-14-7-5-11(9-15(14)23)17-8-6-12(28-17)10-18-20(27)25(21(29)30-18)16-4-2-1-3-13(16)19(24)26/h1-10H,(H2,24,26)/b18-10+. The largest absolute Gasteiger partial charge is 0.457 e. The fraction of sp³-hybridized carbons (Fsp3) is 0. The molecule has 2 aromatic carbocycles. The molecule has 0 spiro atoms. The van der Waals surface area contributed by atoms with Gasteiger partial charge in [-0.15, -0.1) is 0 Å². The monoisotopic (exact) mass is 474 g/mol. The SMILES string of the molecule is NC(=O)c1ccccc1N1C(=O)/C(=C\c2ccc(-c3ccc(Cl)c(Cl)c3)o2)SC1=S. The van der Waals surface area contributed by atoms with E-state index in [4.69, 9.17) is 45.6 Å². The number of carbonyl (C=O) groups excluding carboxylic acids is 2. The number of primary amides is 1. The number of thioether (sulfide) groups is 1. The summed E-state index contributed by atoms with van der Waals surface area (Å²) in [5.41, 5.74) is 6.76. The van der Waals surface area contributed by atoms with Crippen LogP contribution in [0, 0.1) is 0 Å². The van der Waals surface area contributed by atoms with Crippen LogP contribution in [0.5, 0.6) is 0 Å². The van der Waals surface area contributed by atoms with E-state index in [0.29, 0.717) is 36.5 Å². The Morgan fingerprint density at radius 1 is 1.10 bits per heavy atom. The molecule has 1 saturated heterocycles. The second-order valence-electron chi connectivity index (χ2n) is 6.23. The average Bonchev–Trinajstić information content (AvgIpc) is 3.28. The van der Waals surface area contributed by atoms with E-state index in [-0.39, 0.29) is 11.5 Å². The van der Waals surface area contributed by atoms with Gasteiger partial charge in [0.15, 0.2) is 4.32 Å². The third-order valence-electron chi connectivity index (χ3n) is 4.31. The number of nitrogens with zero attached hydrogens (tertiary/aromatic N) is 1. The minimum atomic E-state index is -0.638. The number of carbonyl (C=O) groups is 2. The van der Waals surface area contributed by atoms with Gasteiger partial charge in [-0.2, -0.15) is 0 Å². The Morgan fingerprint density at radius 3 is 2.60 bits per heavy atom. The first-order valence-corrected chi connectivity index (χ1v) is 10.6. The van der Waals surface area contributed by atoms with Gasteiger partial charge < -0.3 is 10.2 Å². The number of furan rings is 1. The van der Waals surface area contributed by atoms with Crippen LogP contribution in [0.3, 0.4) is 0 Å². The van der Waals surface area contributed by atoms with Crippen LogP contribution in [0.25, 0.3) is 17.4 Å². The molecule has 1 aromatic heterocycles. The molecular weight excluding hydrogens is 463 g/mol. The Kier molecular flexibility index (Phi) is 5.71. The van der Waals surface area contributed by atoms with Crippen molar-refractivity contribution in [1.82, 2.24) is 0 Å². The van der Waals surface area contributed by atoms with Crippen molar-refractivity contribution in [2.75, 3.05) is 4.90 Å². The molecule has 2 amide bonds.